The fraction of sp³-hybridized carbons (Fsp3) is 0.111. The molecule has 1 aliphatic heterocycles. The van der Waals surface area contributed by atoms with Crippen LogP contribution in [0.1, 0.15) is 10.4 Å². The van der Waals surface area contributed by atoms with Crippen molar-refractivity contribution in [2.24, 2.45) is 4.99 Å². The lowest BCUT2D eigenvalue weighted by molar-refractivity contribution is 0.0997. The molecule has 1 aromatic heterocycles. The average molecular weight is 354 g/mol. The molecule has 0 saturated heterocycles. The first-order valence-corrected chi connectivity index (χ1v) is 8.19. The quantitative estimate of drug-likeness (QED) is 0.665. The summed E-state index contributed by atoms with van der Waals surface area (Å²) in [5.41, 5.74) is 0.706. The molecule has 0 spiro atoms. The van der Waals surface area contributed by atoms with E-state index in [0.29, 0.717) is 32.1 Å². The van der Waals surface area contributed by atoms with Crippen LogP contribution in [0.25, 0.3) is 10.2 Å². The van der Waals surface area contributed by atoms with Crippen LogP contribution in [0, 0.1) is 18.2 Å². The van der Waals surface area contributed by atoms with Gasteiger partial charge in [-0.15, -0.1) is 6.42 Å². The van der Waals surface area contributed by atoms with E-state index in [4.69, 9.17) is 15.9 Å². The van der Waals surface area contributed by atoms with Crippen LogP contribution in [0.2, 0.25) is 0 Å². The molecule has 0 aliphatic carbocycles. The lowest BCUT2D eigenvalue weighted by atomic mass is 10.2. The minimum atomic E-state index is -0.462. The summed E-state index contributed by atoms with van der Waals surface area (Å²) in [4.78, 5) is 17.0. The number of para-hydroxylation sites is 1. The van der Waals surface area contributed by atoms with E-state index in [9.17, 15) is 9.18 Å². The fourth-order valence-electron chi connectivity index (χ4n) is 2.59. The Kier molecular flexibility index (Phi) is 3.75. The van der Waals surface area contributed by atoms with Gasteiger partial charge in [-0.3, -0.25) is 4.79 Å². The highest BCUT2D eigenvalue weighted by Crippen LogP contribution is 2.32. The summed E-state index contributed by atoms with van der Waals surface area (Å²) in [5, 5.41) is 0. The number of hydrogen-bond donors (Lipinski definition) is 0. The van der Waals surface area contributed by atoms with Gasteiger partial charge >= 0.3 is 0 Å². The second-order valence-corrected chi connectivity index (χ2v) is 6.26. The van der Waals surface area contributed by atoms with Gasteiger partial charge in [0.1, 0.15) is 5.82 Å². The van der Waals surface area contributed by atoms with Crippen LogP contribution in [0.3, 0.4) is 0 Å². The lowest BCUT2D eigenvalue weighted by Gasteiger charge is -2.01. The van der Waals surface area contributed by atoms with Crippen LogP contribution in [-0.2, 0) is 6.54 Å². The number of fused-ring (bicyclic) bond motifs is 2. The van der Waals surface area contributed by atoms with Crippen LogP contribution in [0.5, 0.6) is 11.5 Å². The second-order valence-electron chi connectivity index (χ2n) is 5.25. The van der Waals surface area contributed by atoms with E-state index in [-0.39, 0.29) is 13.3 Å². The topological polar surface area (TPSA) is 52.8 Å². The molecule has 0 fully saturated rings. The van der Waals surface area contributed by atoms with Gasteiger partial charge in [0.05, 0.1) is 16.8 Å². The molecule has 1 aliphatic rings. The lowest BCUT2D eigenvalue weighted by Crippen LogP contribution is -2.17. The zero-order valence-corrected chi connectivity index (χ0v) is 13.7. The number of terminal acetylenes is 1. The highest BCUT2D eigenvalue weighted by Gasteiger charge is 2.17. The predicted molar refractivity (Wildman–Crippen MR) is 91.1 cm³/mol. The summed E-state index contributed by atoms with van der Waals surface area (Å²) < 4.78 is 26.9. The highest BCUT2D eigenvalue weighted by atomic mass is 32.1. The molecule has 2 heterocycles. The van der Waals surface area contributed by atoms with Crippen molar-refractivity contribution in [2.45, 2.75) is 6.54 Å². The van der Waals surface area contributed by atoms with Crippen molar-refractivity contribution in [3.63, 3.8) is 0 Å². The van der Waals surface area contributed by atoms with E-state index in [1.54, 1.807) is 30.3 Å². The van der Waals surface area contributed by atoms with Crippen molar-refractivity contribution in [1.82, 2.24) is 4.57 Å². The fourth-order valence-corrected chi connectivity index (χ4v) is 3.63. The molecule has 7 heteroatoms. The zero-order chi connectivity index (χ0) is 17.4. The maximum Gasteiger partial charge on any atom is 0.279 e. The smallest absolute Gasteiger partial charge is 0.279 e. The van der Waals surface area contributed by atoms with Gasteiger partial charge < -0.3 is 14.0 Å². The molecule has 124 valence electrons. The van der Waals surface area contributed by atoms with Gasteiger partial charge in [0.25, 0.3) is 5.91 Å². The number of thiazole rings is 1. The number of hydrogen-bond acceptors (Lipinski definition) is 4. The van der Waals surface area contributed by atoms with Crippen molar-refractivity contribution in [2.75, 3.05) is 6.79 Å². The number of halogens is 1. The number of benzene rings is 2. The molecule has 25 heavy (non-hydrogen) atoms. The highest BCUT2D eigenvalue weighted by molar-refractivity contribution is 7.16. The Morgan fingerprint density at radius 2 is 2.16 bits per heavy atom. The maximum atomic E-state index is 14.2. The van der Waals surface area contributed by atoms with Gasteiger partial charge in [0.15, 0.2) is 16.3 Å². The molecule has 0 saturated carbocycles. The molecule has 0 atom stereocenters. The molecule has 0 N–H and O–H groups in total. The minimum absolute atomic E-state index is 0.119. The number of ether oxygens (including phenoxy) is 2. The monoisotopic (exact) mass is 354 g/mol. The van der Waals surface area contributed by atoms with Gasteiger partial charge in [0.2, 0.25) is 6.79 Å². The van der Waals surface area contributed by atoms with E-state index in [1.165, 1.54) is 22.0 Å². The van der Waals surface area contributed by atoms with E-state index in [0.717, 1.165) is 0 Å². The van der Waals surface area contributed by atoms with Crippen molar-refractivity contribution in [1.29, 1.82) is 0 Å². The standard InChI is InChI=1S/C18H11FN2O3S/c1-2-8-21-16-12(19)4-3-5-15(16)25-18(21)20-17(22)11-6-7-13-14(9-11)24-10-23-13/h1,3-7,9H,8,10H2. The van der Waals surface area contributed by atoms with Gasteiger partial charge in [-0.2, -0.15) is 4.99 Å². The summed E-state index contributed by atoms with van der Waals surface area (Å²) >= 11 is 1.21. The van der Waals surface area contributed by atoms with Crippen LogP contribution < -0.4 is 14.3 Å². The Bertz CT molecular complexity index is 1110. The van der Waals surface area contributed by atoms with Gasteiger partial charge in [0, 0.05) is 5.56 Å². The third-order valence-electron chi connectivity index (χ3n) is 3.72. The molecule has 4 rings (SSSR count). The Balaban J connectivity index is 1.83. The zero-order valence-electron chi connectivity index (χ0n) is 12.9. The molecule has 2 aromatic carbocycles. The van der Waals surface area contributed by atoms with Crippen LogP contribution in [0.15, 0.2) is 41.4 Å². The number of nitrogens with zero attached hydrogens (tertiary/aromatic N) is 2. The van der Waals surface area contributed by atoms with Crippen molar-refractivity contribution in [3.8, 4) is 23.8 Å². The van der Waals surface area contributed by atoms with Crippen molar-refractivity contribution in [3.05, 3.63) is 52.6 Å². The molecule has 0 unspecified atom stereocenters. The molecule has 0 radical (unpaired) electrons. The summed E-state index contributed by atoms with van der Waals surface area (Å²) in [5.74, 6) is 2.69. The molecule has 3 aromatic rings. The van der Waals surface area contributed by atoms with E-state index in [2.05, 4.69) is 10.9 Å². The Labute approximate surface area is 146 Å². The maximum absolute atomic E-state index is 14.2. The molecular formula is C18H11FN2O3S. The first kappa shape index (κ1) is 15.4. The summed E-state index contributed by atoms with van der Waals surface area (Å²) in [7, 11) is 0. The summed E-state index contributed by atoms with van der Waals surface area (Å²) in [6.45, 7) is 0.246. The normalized spacial score (nSPS) is 13.2. The Morgan fingerprint density at radius 3 is 3.00 bits per heavy atom. The van der Waals surface area contributed by atoms with Crippen LogP contribution in [0.4, 0.5) is 4.39 Å². The third kappa shape index (κ3) is 2.66. The number of rotatable bonds is 2. The van der Waals surface area contributed by atoms with E-state index in [1.807, 2.05) is 0 Å². The molecule has 5 nitrogen and oxygen atoms in total. The number of aromatic nitrogens is 1. The average Bonchev–Trinajstić information content (AvgIpc) is 3.20. The third-order valence-corrected chi connectivity index (χ3v) is 4.76. The Morgan fingerprint density at radius 1 is 1.32 bits per heavy atom. The van der Waals surface area contributed by atoms with E-state index >= 15 is 0 Å². The first-order chi connectivity index (χ1) is 12.2. The minimum Gasteiger partial charge on any atom is -0.454 e. The van der Waals surface area contributed by atoms with Gasteiger partial charge in [-0.05, 0) is 30.3 Å². The Hall–Kier alpha value is -3.11. The number of carbonyl (C=O) groups excluding carboxylic acids is 1. The molecule has 1 amide bonds. The molecular weight excluding hydrogens is 343 g/mol. The SMILES string of the molecule is C#CCn1c(=NC(=O)c2ccc3c(c2)OCO3)sc2cccc(F)c21. The van der Waals surface area contributed by atoms with Gasteiger partial charge in [-0.25, -0.2) is 4.39 Å². The van der Waals surface area contributed by atoms with Gasteiger partial charge in [-0.1, -0.05) is 23.3 Å². The van der Waals surface area contributed by atoms with E-state index < -0.39 is 11.7 Å². The molecule has 0 bridgehead atoms. The predicted octanol–water partition coefficient (Wildman–Crippen LogP) is 2.94. The number of carbonyl (C=O) groups is 1. The van der Waals surface area contributed by atoms with Crippen molar-refractivity contribution < 1.29 is 18.7 Å². The summed E-state index contributed by atoms with van der Waals surface area (Å²) in [6.07, 6.45) is 5.39. The summed E-state index contributed by atoms with van der Waals surface area (Å²) in [6, 6.07) is 9.57. The van der Waals surface area contributed by atoms with Crippen LogP contribution >= 0.6 is 11.3 Å². The largest absolute Gasteiger partial charge is 0.454 e. The number of amides is 1. The first-order valence-electron chi connectivity index (χ1n) is 7.37. The van der Waals surface area contributed by atoms with Crippen LogP contribution in [-0.4, -0.2) is 17.3 Å². The second kappa shape index (κ2) is 6.07. The van der Waals surface area contributed by atoms with Crippen molar-refractivity contribution >= 4 is 27.5 Å².